The van der Waals surface area contributed by atoms with Gasteiger partial charge in [0.2, 0.25) is 5.91 Å². The van der Waals surface area contributed by atoms with E-state index in [-0.39, 0.29) is 18.3 Å². The van der Waals surface area contributed by atoms with Crippen LogP contribution < -0.4 is 5.32 Å². The Bertz CT molecular complexity index is 612. The van der Waals surface area contributed by atoms with Crippen molar-refractivity contribution in [1.29, 1.82) is 0 Å². The molecule has 0 saturated carbocycles. The van der Waals surface area contributed by atoms with Crippen LogP contribution in [0.5, 0.6) is 0 Å². The zero-order valence-corrected chi connectivity index (χ0v) is 13.0. The molecule has 1 atom stereocenters. The Labute approximate surface area is 130 Å². The smallest absolute Gasteiger partial charge is 0.244 e. The molecule has 2 heterocycles. The Morgan fingerprint density at radius 3 is 3.05 bits per heavy atom. The van der Waals surface area contributed by atoms with E-state index in [1.165, 1.54) is 0 Å². The first kappa shape index (κ1) is 15.8. The zero-order valence-electron chi connectivity index (χ0n) is 12.2. The van der Waals surface area contributed by atoms with Crippen LogP contribution in [0.25, 0.3) is 10.9 Å². The number of halogens is 1. The van der Waals surface area contributed by atoms with Crippen molar-refractivity contribution >= 4 is 29.2 Å². The van der Waals surface area contributed by atoms with Gasteiger partial charge in [0.1, 0.15) is 6.54 Å². The van der Waals surface area contributed by atoms with E-state index in [1.54, 1.807) is 4.68 Å². The maximum atomic E-state index is 12.4. The Kier molecular flexibility index (Phi) is 5.20. The highest BCUT2D eigenvalue weighted by Crippen LogP contribution is 2.14. The number of nitrogens with zero attached hydrogens (tertiary/aromatic N) is 3. The number of carbonyl (C=O) groups excluding carboxylic acids is 1. The van der Waals surface area contributed by atoms with Crippen molar-refractivity contribution in [3.8, 4) is 0 Å². The second-order valence-corrected chi connectivity index (χ2v) is 5.33. The van der Waals surface area contributed by atoms with Gasteiger partial charge in [-0.05, 0) is 26.0 Å². The third-order valence-corrected chi connectivity index (χ3v) is 4.02. The summed E-state index contributed by atoms with van der Waals surface area (Å²) < 4.78 is 1.79. The SMILES string of the molecule is CNC1CCCN(C(=O)Cn2ncc3ccccc32)C1.Cl. The molecule has 21 heavy (non-hydrogen) atoms. The molecule has 1 amide bonds. The molecule has 3 rings (SSSR count). The molecule has 0 aliphatic carbocycles. The summed E-state index contributed by atoms with van der Waals surface area (Å²) in [5.74, 6) is 0.152. The van der Waals surface area contributed by atoms with Gasteiger partial charge in [-0.25, -0.2) is 0 Å². The molecule has 1 saturated heterocycles. The molecule has 1 aromatic heterocycles. The average molecular weight is 309 g/mol. The largest absolute Gasteiger partial charge is 0.340 e. The molecule has 5 nitrogen and oxygen atoms in total. The normalized spacial score (nSPS) is 18.5. The third-order valence-electron chi connectivity index (χ3n) is 4.02. The van der Waals surface area contributed by atoms with Gasteiger partial charge in [-0.1, -0.05) is 18.2 Å². The topological polar surface area (TPSA) is 50.2 Å². The van der Waals surface area contributed by atoms with Gasteiger partial charge in [0.15, 0.2) is 0 Å². The van der Waals surface area contributed by atoms with E-state index in [2.05, 4.69) is 10.4 Å². The molecule has 0 radical (unpaired) electrons. The fourth-order valence-corrected chi connectivity index (χ4v) is 2.82. The van der Waals surface area contributed by atoms with Crippen LogP contribution in [0.4, 0.5) is 0 Å². The van der Waals surface area contributed by atoms with Gasteiger partial charge in [0.05, 0.1) is 11.7 Å². The maximum Gasteiger partial charge on any atom is 0.244 e. The number of hydrogen-bond acceptors (Lipinski definition) is 3. The molecule has 1 N–H and O–H groups in total. The highest BCUT2D eigenvalue weighted by molar-refractivity contribution is 5.85. The van der Waals surface area contributed by atoms with Gasteiger partial charge in [0.25, 0.3) is 0 Å². The summed E-state index contributed by atoms with van der Waals surface area (Å²) in [4.78, 5) is 14.4. The highest BCUT2D eigenvalue weighted by atomic mass is 35.5. The van der Waals surface area contributed by atoms with Crippen molar-refractivity contribution in [1.82, 2.24) is 20.0 Å². The second kappa shape index (κ2) is 6.91. The highest BCUT2D eigenvalue weighted by Gasteiger charge is 2.23. The van der Waals surface area contributed by atoms with Crippen molar-refractivity contribution in [2.24, 2.45) is 0 Å². The van der Waals surface area contributed by atoms with Crippen LogP contribution in [0.3, 0.4) is 0 Å². The number of benzene rings is 1. The molecule has 1 aromatic carbocycles. The average Bonchev–Trinajstić information content (AvgIpc) is 2.90. The van der Waals surface area contributed by atoms with Crippen LogP contribution in [-0.2, 0) is 11.3 Å². The molecule has 1 aliphatic rings. The molecule has 2 aromatic rings. The summed E-state index contributed by atoms with van der Waals surface area (Å²) in [5, 5.41) is 8.66. The zero-order chi connectivity index (χ0) is 13.9. The first-order chi connectivity index (χ1) is 9.78. The number of carbonyl (C=O) groups is 1. The molecule has 0 bridgehead atoms. The van der Waals surface area contributed by atoms with E-state index >= 15 is 0 Å². The van der Waals surface area contributed by atoms with Crippen molar-refractivity contribution in [3.63, 3.8) is 0 Å². The van der Waals surface area contributed by atoms with Gasteiger partial charge in [0, 0.05) is 24.5 Å². The number of rotatable bonds is 3. The lowest BCUT2D eigenvalue weighted by Crippen LogP contribution is -2.47. The van der Waals surface area contributed by atoms with Crippen molar-refractivity contribution in [2.45, 2.75) is 25.4 Å². The van der Waals surface area contributed by atoms with Crippen molar-refractivity contribution in [2.75, 3.05) is 20.1 Å². The van der Waals surface area contributed by atoms with E-state index in [1.807, 2.05) is 42.4 Å². The molecular weight excluding hydrogens is 288 g/mol. The maximum absolute atomic E-state index is 12.4. The quantitative estimate of drug-likeness (QED) is 0.938. The van der Waals surface area contributed by atoms with Crippen LogP contribution in [0.2, 0.25) is 0 Å². The minimum Gasteiger partial charge on any atom is -0.340 e. The summed E-state index contributed by atoms with van der Waals surface area (Å²) in [6, 6.07) is 8.40. The molecule has 114 valence electrons. The van der Waals surface area contributed by atoms with Crippen LogP contribution in [0, 0.1) is 0 Å². The number of hydrogen-bond donors (Lipinski definition) is 1. The van der Waals surface area contributed by atoms with E-state index in [4.69, 9.17) is 0 Å². The number of aromatic nitrogens is 2. The van der Waals surface area contributed by atoms with Crippen molar-refractivity contribution in [3.05, 3.63) is 30.5 Å². The summed E-state index contributed by atoms with van der Waals surface area (Å²) >= 11 is 0. The summed E-state index contributed by atoms with van der Waals surface area (Å²) in [6.07, 6.45) is 4.03. The lowest BCUT2D eigenvalue weighted by Gasteiger charge is -2.32. The van der Waals surface area contributed by atoms with Crippen LogP contribution in [0.15, 0.2) is 30.5 Å². The lowest BCUT2D eigenvalue weighted by atomic mass is 10.1. The Morgan fingerprint density at radius 1 is 1.43 bits per heavy atom. The van der Waals surface area contributed by atoms with Gasteiger partial charge in [-0.15, -0.1) is 12.4 Å². The predicted octanol–water partition coefficient (Wildman–Crippen LogP) is 1.67. The number of nitrogens with one attached hydrogen (secondary N) is 1. The van der Waals surface area contributed by atoms with Gasteiger partial charge in [-0.3, -0.25) is 9.48 Å². The molecule has 1 fully saturated rings. The number of fused-ring (bicyclic) bond motifs is 1. The molecule has 6 heteroatoms. The van der Waals surface area contributed by atoms with E-state index in [0.717, 1.165) is 36.8 Å². The first-order valence-corrected chi connectivity index (χ1v) is 7.13. The Morgan fingerprint density at radius 2 is 2.24 bits per heavy atom. The first-order valence-electron chi connectivity index (χ1n) is 7.13. The standard InChI is InChI=1S/C15H20N4O.ClH/c1-16-13-6-4-8-18(10-13)15(20)11-19-14-7-3-2-5-12(14)9-17-19;/h2-3,5,7,9,13,16H,4,6,8,10-11H2,1H3;1H. The minimum absolute atomic E-state index is 0. The number of amides is 1. The van der Waals surface area contributed by atoms with Crippen LogP contribution in [0.1, 0.15) is 12.8 Å². The van der Waals surface area contributed by atoms with Crippen molar-refractivity contribution < 1.29 is 4.79 Å². The lowest BCUT2D eigenvalue weighted by molar-refractivity contribution is -0.133. The summed E-state index contributed by atoms with van der Waals surface area (Å²) in [5.41, 5.74) is 1.02. The second-order valence-electron chi connectivity index (χ2n) is 5.33. The van der Waals surface area contributed by atoms with Gasteiger partial charge < -0.3 is 10.2 Å². The Hall–Kier alpha value is -1.59. The molecule has 1 unspecified atom stereocenters. The summed E-state index contributed by atoms with van der Waals surface area (Å²) in [6.45, 7) is 1.98. The number of likely N-dealkylation sites (tertiary alicyclic amines) is 1. The molecule has 1 aliphatic heterocycles. The van der Waals surface area contributed by atoms with E-state index in [0.29, 0.717) is 12.6 Å². The number of likely N-dealkylation sites (N-methyl/N-ethyl adjacent to an activating group) is 1. The molecule has 0 spiro atoms. The number of para-hydroxylation sites is 1. The third kappa shape index (κ3) is 3.36. The fourth-order valence-electron chi connectivity index (χ4n) is 2.82. The van der Waals surface area contributed by atoms with E-state index < -0.39 is 0 Å². The minimum atomic E-state index is 0. The Balaban J connectivity index is 0.00000161. The predicted molar refractivity (Wildman–Crippen MR) is 85.6 cm³/mol. The van der Waals surface area contributed by atoms with Crippen LogP contribution >= 0.6 is 12.4 Å². The molecular formula is C15H21ClN4O. The van der Waals surface area contributed by atoms with Crippen LogP contribution in [-0.4, -0.2) is 46.8 Å². The number of piperidine rings is 1. The van der Waals surface area contributed by atoms with Gasteiger partial charge >= 0.3 is 0 Å². The van der Waals surface area contributed by atoms with E-state index in [9.17, 15) is 4.79 Å². The summed E-state index contributed by atoms with van der Waals surface area (Å²) in [7, 11) is 1.96. The monoisotopic (exact) mass is 308 g/mol. The van der Waals surface area contributed by atoms with Gasteiger partial charge in [-0.2, -0.15) is 5.10 Å². The fraction of sp³-hybridized carbons (Fsp3) is 0.467.